The Labute approximate surface area is 202 Å². The van der Waals surface area contributed by atoms with E-state index in [1.54, 1.807) is 32.0 Å². The summed E-state index contributed by atoms with van der Waals surface area (Å²) in [5.41, 5.74) is 0.398. The lowest BCUT2D eigenvalue weighted by Gasteiger charge is -2.39. The molecule has 4 amide bonds. The van der Waals surface area contributed by atoms with Crippen LogP contribution in [0.15, 0.2) is 18.2 Å². The van der Waals surface area contributed by atoms with Crippen molar-refractivity contribution in [1.82, 2.24) is 10.2 Å². The number of carbonyl (C=O) groups excluding carboxylic acids is 3. The summed E-state index contributed by atoms with van der Waals surface area (Å²) in [7, 11) is 1.48. The number of nitrogens with one attached hydrogen (secondary N) is 2. The van der Waals surface area contributed by atoms with Gasteiger partial charge >= 0.3 is 6.03 Å². The molecule has 0 spiro atoms. The Hall–Kier alpha value is -2.61. The number of hydrogen-bond acceptors (Lipinski definition) is 9. The standard InChI is InChI=1S/C23H33N3O9/c1-23(2)14-7-6-12(25-22(33)24-3)10-13(14)19(31)26(21(23)32)8-4-5-9-34-20-18(30)17(29)16(28)15(11-27)35-20/h6-7,10,15-18,20,27-30H,4-5,8-9,11H2,1-3H3,(H2,24,25,33)/t15-,16-,17+,18-,20-/m1/s1. The molecular formula is C23H33N3O9. The monoisotopic (exact) mass is 495 g/mol. The molecule has 1 aromatic carbocycles. The van der Waals surface area contributed by atoms with Crippen molar-refractivity contribution in [2.45, 2.75) is 62.8 Å². The SMILES string of the molecule is CNC(=O)Nc1ccc2c(c1)C(=O)N(CCCCO[C@@H]1O[C@H](CO)[C@@H](O)[C@H](O)[C@H]1O)C(=O)C2(C)C. The average Bonchev–Trinajstić information content (AvgIpc) is 2.84. The van der Waals surface area contributed by atoms with Crippen molar-refractivity contribution in [2.75, 3.05) is 32.1 Å². The number of unbranched alkanes of at least 4 members (excludes halogenated alkanes) is 1. The third-order valence-electron chi connectivity index (χ3n) is 6.34. The average molecular weight is 496 g/mol. The third kappa shape index (κ3) is 5.47. The van der Waals surface area contributed by atoms with Gasteiger partial charge in [0.15, 0.2) is 6.29 Å². The predicted octanol–water partition coefficient (Wildman–Crippen LogP) is -0.705. The van der Waals surface area contributed by atoms with E-state index in [-0.39, 0.29) is 19.1 Å². The Morgan fingerprint density at radius 2 is 1.86 bits per heavy atom. The minimum absolute atomic E-state index is 0.0824. The van der Waals surface area contributed by atoms with Crippen LogP contribution in [0.3, 0.4) is 0 Å². The van der Waals surface area contributed by atoms with Crippen LogP contribution in [0.25, 0.3) is 0 Å². The number of carbonyl (C=O) groups is 3. The number of benzene rings is 1. The molecule has 1 saturated heterocycles. The minimum atomic E-state index is -1.53. The molecule has 0 saturated carbocycles. The van der Waals surface area contributed by atoms with Crippen LogP contribution in [-0.4, -0.2) is 101 Å². The molecule has 35 heavy (non-hydrogen) atoms. The Bertz CT molecular complexity index is 952. The van der Waals surface area contributed by atoms with Gasteiger partial charge < -0.3 is 40.5 Å². The first-order valence-corrected chi connectivity index (χ1v) is 11.4. The first kappa shape index (κ1) is 27.0. The zero-order chi connectivity index (χ0) is 25.9. The van der Waals surface area contributed by atoms with Gasteiger partial charge in [0.1, 0.15) is 24.4 Å². The van der Waals surface area contributed by atoms with Crippen LogP contribution < -0.4 is 10.6 Å². The van der Waals surface area contributed by atoms with Gasteiger partial charge in [0.25, 0.3) is 5.91 Å². The molecule has 0 aliphatic carbocycles. The van der Waals surface area contributed by atoms with Gasteiger partial charge in [-0.1, -0.05) is 6.07 Å². The molecule has 194 valence electrons. The largest absolute Gasteiger partial charge is 0.394 e. The molecule has 12 nitrogen and oxygen atoms in total. The summed E-state index contributed by atoms with van der Waals surface area (Å²) in [5, 5.41) is 44.0. The Morgan fingerprint density at radius 1 is 1.14 bits per heavy atom. The number of amides is 4. The van der Waals surface area contributed by atoms with E-state index in [1.165, 1.54) is 11.9 Å². The van der Waals surface area contributed by atoms with Gasteiger partial charge in [0.2, 0.25) is 5.91 Å². The number of ether oxygens (including phenoxy) is 2. The van der Waals surface area contributed by atoms with Gasteiger partial charge in [0.05, 0.1) is 12.0 Å². The lowest BCUT2D eigenvalue weighted by molar-refractivity contribution is -0.301. The lowest BCUT2D eigenvalue weighted by Crippen LogP contribution is -2.59. The number of imide groups is 1. The van der Waals surface area contributed by atoms with E-state index in [1.807, 2.05) is 0 Å². The normalized spacial score (nSPS) is 28.0. The van der Waals surface area contributed by atoms with Gasteiger partial charge in [0, 0.05) is 31.5 Å². The molecule has 6 N–H and O–H groups in total. The van der Waals surface area contributed by atoms with Crippen LogP contribution >= 0.6 is 0 Å². The number of nitrogens with zero attached hydrogens (tertiary/aromatic N) is 1. The highest BCUT2D eigenvalue weighted by Crippen LogP contribution is 2.36. The molecule has 1 aromatic rings. The van der Waals surface area contributed by atoms with E-state index in [2.05, 4.69) is 10.6 Å². The first-order chi connectivity index (χ1) is 16.5. The Balaban J connectivity index is 1.60. The molecule has 2 aliphatic rings. The minimum Gasteiger partial charge on any atom is -0.394 e. The second-order valence-corrected chi connectivity index (χ2v) is 9.13. The van der Waals surface area contributed by atoms with Crippen LogP contribution in [-0.2, 0) is 19.7 Å². The fraction of sp³-hybridized carbons (Fsp3) is 0.609. The van der Waals surface area contributed by atoms with E-state index in [0.29, 0.717) is 29.7 Å². The van der Waals surface area contributed by atoms with Crippen molar-refractivity contribution in [1.29, 1.82) is 0 Å². The third-order valence-corrected chi connectivity index (χ3v) is 6.34. The number of fused-ring (bicyclic) bond motifs is 1. The number of hydrogen-bond donors (Lipinski definition) is 6. The fourth-order valence-electron chi connectivity index (χ4n) is 4.21. The molecule has 12 heteroatoms. The van der Waals surface area contributed by atoms with Crippen molar-refractivity contribution in [3.8, 4) is 0 Å². The molecule has 0 aromatic heterocycles. The zero-order valence-corrected chi connectivity index (χ0v) is 19.9. The Kier molecular flexibility index (Phi) is 8.46. The highest BCUT2D eigenvalue weighted by Gasteiger charge is 2.45. The summed E-state index contributed by atoms with van der Waals surface area (Å²) in [5.74, 6) is -0.795. The summed E-state index contributed by atoms with van der Waals surface area (Å²) < 4.78 is 10.7. The van der Waals surface area contributed by atoms with Gasteiger partial charge in [-0.2, -0.15) is 0 Å². The van der Waals surface area contributed by atoms with Gasteiger partial charge in [-0.05, 0) is 44.4 Å². The highest BCUT2D eigenvalue weighted by atomic mass is 16.7. The second kappa shape index (κ2) is 11.0. The quantitative estimate of drug-likeness (QED) is 0.201. The van der Waals surface area contributed by atoms with Crippen LogP contribution in [0.5, 0.6) is 0 Å². The van der Waals surface area contributed by atoms with Gasteiger partial charge in [-0.25, -0.2) is 4.79 Å². The Morgan fingerprint density at radius 3 is 2.51 bits per heavy atom. The summed E-state index contributed by atoms with van der Waals surface area (Å²) in [4.78, 5) is 39.0. The molecule has 3 rings (SSSR count). The summed E-state index contributed by atoms with van der Waals surface area (Å²) >= 11 is 0. The van der Waals surface area contributed by atoms with Crippen molar-refractivity contribution in [2.24, 2.45) is 0 Å². The lowest BCUT2D eigenvalue weighted by atomic mass is 9.77. The maximum absolute atomic E-state index is 13.1. The van der Waals surface area contributed by atoms with Crippen molar-refractivity contribution >= 4 is 23.5 Å². The van der Waals surface area contributed by atoms with Gasteiger partial charge in [-0.15, -0.1) is 0 Å². The van der Waals surface area contributed by atoms with Crippen LogP contribution in [0.1, 0.15) is 42.6 Å². The van der Waals surface area contributed by atoms with E-state index >= 15 is 0 Å². The fourth-order valence-corrected chi connectivity index (χ4v) is 4.21. The van der Waals surface area contributed by atoms with E-state index in [0.717, 1.165) is 0 Å². The summed E-state index contributed by atoms with van der Waals surface area (Å²) in [6.45, 7) is 3.13. The molecule has 0 bridgehead atoms. The molecule has 0 unspecified atom stereocenters. The van der Waals surface area contributed by atoms with E-state index in [4.69, 9.17) is 9.47 Å². The molecule has 1 fully saturated rings. The maximum Gasteiger partial charge on any atom is 0.318 e. The first-order valence-electron chi connectivity index (χ1n) is 11.4. The van der Waals surface area contributed by atoms with E-state index in [9.17, 15) is 34.8 Å². The van der Waals surface area contributed by atoms with Crippen molar-refractivity contribution in [3.05, 3.63) is 29.3 Å². The van der Waals surface area contributed by atoms with Crippen LogP contribution in [0.4, 0.5) is 10.5 Å². The molecule has 2 aliphatic heterocycles. The predicted molar refractivity (Wildman–Crippen MR) is 123 cm³/mol. The summed E-state index contributed by atoms with van der Waals surface area (Å²) in [6, 6.07) is 4.43. The van der Waals surface area contributed by atoms with Gasteiger partial charge in [-0.3, -0.25) is 14.5 Å². The molecule has 5 atom stereocenters. The van der Waals surface area contributed by atoms with Crippen molar-refractivity contribution < 1.29 is 44.3 Å². The number of aliphatic hydroxyl groups is 4. The topological polar surface area (TPSA) is 178 Å². The number of anilines is 1. The van der Waals surface area contributed by atoms with Crippen LogP contribution in [0.2, 0.25) is 0 Å². The highest BCUT2D eigenvalue weighted by molar-refractivity contribution is 6.13. The molecule has 2 heterocycles. The van der Waals surface area contributed by atoms with Crippen molar-refractivity contribution in [3.63, 3.8) is 0 Å². The van der Waals surface area contributed by atoms with Crippen LogP contribution in [0, 0.1) is 0 Å². The van der Waals surface area contributed by atoms with E-state index < -0.39 is 54.7 Å². The number of urea groups is 1. The number of rotatable bonds is 8. The molecule has 0 radical (unpaired) electrons. The smallest absolute Gasteiger partial charge is 0.318 e. The number of aliphatic hydroxyl groups excluding tert-OH is 4. The summed E-state index contributed by atoms with van der Waals surface area (Å²) in [6.07, 6.45) is -5.99. The maximum atomic E-state index is 13.1. The second-order valence-electron chi connectivity index (χ2n) is 9.13. The molecular weight excluding hydrogens is 462 g/mol. The zero-order valence-electron chi connectivity index (χ0n) is 19.9.